The maximum atomic E-state index is 13.4. The Kier molecular flexibility index (Phi) is 9.07. The number of unbranched alkanes of at least 4 members (excludes halogenated alkanes) is 4. The summed E-state index contributed by atoms with van der Waals surface area (Å²) in [6.07, 6.45) is 7.08. The quantitative estimate of drug-likeness (QED) is 0.564. The average molecular weight is 295 g/mol. The molecule has 3 heteroatoms. The largest absolute Gasteiger partial charge is 0.493 e. The van der Waals surface area contributed by atoms with Crippen LogP contribution in [0.5, 0.6) is 5.75 Å². The predicted octanol–water partition coefficient (Wildman–Crippen LogP) is 5.24. The fourth-order valence-corrected chi connectivity index (χ4v) is 2.35. The predicted molar refractivity (Wildman–Crippen MR) is 87.4 cm³/mol. The van der Waals surface area contributed by atoms with Gasteiger partial charge in [-0.1, -0.05) is 45.6 Å². The van der Waals surface area contributed by atoms with Crippen LogP contribution in [0.3, 0.4) is 0 Å². The first kappa shape index (κ1) is 18.0. The average Bonchev–Trinajstić information content (AvgIpc) is 2.48. The fourth-order valence-electron chi connectivity index (χ4n) is 2.35. The van der Waals surface area contributed by atoms with E-state index in [1.807, 2.05) is 6.07 Å². The Morgan fingerprint density at radius 1 is 1.10 bits per heavy atom. The van der Waals surface area contributed by atoms with Crippen molar-refractivity contribution in [3.05, 3.63) is 29.6 Å². The molecule has 1 aromatic rings. The molecular formula is C18H30FNO. The van der Waals surface area contributed by atoms with Crippen LogP contribution in [0.15, 0.2) is 18.2 Å². The fraction of sp³-hybridized carbons (Fsp3) is 0.667. The number of benzene rings is 1. The molecule has 0 heterocycles. The van der Waals surface area contributed by atoms with Gasteiger partial charge in [-0.25, -0.2) is 4.39 Å². The van der Waals surface area contributed by atoms with Crippen molar-refractivity contribution in [2.75, 3.05) is 13.2 Å². The van der Waals surface area contributed by atoms with Crippen molar-refractivity contribution in [3.8, 4) is 5.75 Å². The Morgan fingerprint density at radius 2 is 1.86 bits per heavy atom. The molecule has 2 nitrogen and oxygen atoms in total. The summed E-state index contributed by atoms with van der Waals surface area (Å²) in [5.41, 5.74) is 1.04. The van der Waals surface area contributed by atoms with Crippen molar-refractivity contribution in [1.82, 2.24) is 5.32 Å². The van der Waals surface area contributed by atoms with Crippen molar-refractivity contribution in [2.24, 2.45) is 0 Å². The van der Waals surface area contributed by atoms with Crippen molar-refractivity contribution in [3.63, 3.8) is 0 Å². The molecular weight excluding hydrogens is 265 g/mol. The molecule has 0 bridgehead atoms. The van der Waals surface area contributed by atoms with Gasteiger partial charge in [0.25, 0.3) is 0 Å². The summed E-state index contributed by atoms with van der Waals surface area (Å²) in [6, 6.07) is 5.02. The van der Waals surface area contributed by atoms with Gasteiger partial charge in [-0.05, 0) is 32.4 Å². The van der Waals surface area contributed by atoms with Gasteiger partial charge in [-0.2, -0.15) is 0 Å². The monoisotopic (exact) mass is 295 g/mol. The van der Waals surface area contributed by atoms with Crippen LogP contribution in [0.4, 0.5) is 4.39 Å². The van der Waals surface area contributed by atoms with Crippen molar-refractivity contribution >= 4 is 0 Å². The van der Waals surface area contributed by atoms with Crippen LogP contribution < -0.4 is 10.1 Å². The van der Waals surface area contributed by atoms with Crippen molar-refractivity contribution < 1.29 is 9.13 Å². The third-order valence-electron chi connectivity index (χ3n) is 3.65. The molecule has 0 aliphatic rings. The van der Waals surface area contributed by atoms with Gasteiger partial charge in [0, 0.05) is 17.7 Å². The molecule has 1 aromatic carbocycles. The third kappa shape index (κ3) is 6.94. The third-order valence-corrected chi connectivity index (χ3v) is 3.65. The van der Waals surface area contributed by atoms with Crippen molar-refractivity contribution in [2.45, 2.75) is 65.3 Å². The van der Waals surface area contributed by atoms with Crippen LogP contribution in [-0.2, 0) is 0 Å². The van der Waals surface area contributed by atoms with Crippen LogP contribution in [0.1, 0.15) is 70.9 Å². The van der Waals surface area contributed by atoms with E-state index in [0.29, 0.717) is 12.4 Å². The van der Waals surface area contributed by atoms with E-state index in [9.17, 15) is 4.39 Å². The van der Waals surface area contributed by atoms with E-state index in [-0.39, 0.29) is 11.9 Å². The van der Waals surface area contributed by atoms with E-state index >= 15 is 0 Å². The lowest BCUT2D eigenvalue weighted by Gasteiger charge is -2.18. The summed E-state index contributed by atoms with van der Waals surface area (Å²) in [5.74, 6) is 0.448. The van der Waals surface area contributed by atoms with Gasteiger partial charge in [0.1, 0.15) is 11.6 Å². The van der Waals surface area contributed by atoms with E-state index in [4.69, 9.17) is 4.74 Å². The summed E-state index contributed by atoms with van der Waals surface area (Å²) in [6.45, 7) is 8.06. The maximum Gasteiger partial charge on any atom is 0.126 e. The van der Waals surface area contributed by atoms with E-state index < -0.39 is 0 Å². The zero-order valence-electron chi connectivity index (χ0n) is 13.8. The van der Waals surface area contributed by atoms with E-state index in [0.717, 1.165) is 24.9 Å². The summed E-state index contributed by atoms with van der Waals surface area (Å²) in [4.78, 5) is 0. The molecule has 0 saturated heterocycles. The Hall–Kier alpha value is -1.09. The minimum Gasteiger partial charge on any atom is -0.493 e. The zero-order valence-corrected chi connectivity index (χ0v) is 13.8. The first-order valence-electron chi connectivity index (χ1n) is 8.34. The number of ether oxygens (including phenoxy) is 1. The number of nitrogens with one attached hydrogen (secondary N) is 1. The molecule has 0 saturated carbocycles. The minimum absolute atomic E-state index is 0.181. The highest BCUT2D eigenvalue weighted by Crippen LogP contribution is 2.26. The maximum absolute atomic E-state index is 13.4. The molecule has 0 spiro atoms. The molecule has 1 N–H and O–H groups in total. The summed E-state index contributed by atoms with van der Waals surface area (Å²) >= 11 is 0. The summed E-state index contributed by atoms with van der Waals surface area (Å²) in [7, 11) is 0. The first-order chi connectivity index (χ1) is 10.2. The molecule has 0 amide bonds. The molecule has 0 radical (unpaired) electrons. The van der Waals surface area contributed by atoms with Gasteiger partial charge in [0.15, 0.2) is 0 Å². The van der Waals surface area contributed by atoms with Crippen LogP contribution >= 0.6 is 0 Å². The van der Waals surface area contributed by atoms with Crippen LogP contribution in [0.25, 0.3) is 0 Å². The smallest absolute Gasteiger partial charge is 0.126 e. The molecule has 0 aromatic heterocycles. The van der Waals surface area contributed by atoms with Crippen LogP contribution in [0.2, 0.25) is 0 Å². The lowest BCUT2D eigenvalue weighted by Crippen LogP contribution is -2.20. The molecule has 1 atom stereocenters. The van der Waals surface area contributed by atoms with Gasteiger partial charge in [0.2, 0.25) is 0 Å². The van der Waals surface area contributed by atoms with Gasteiger partial charge in [0.05, 0.1) is 6.61 Å². The van der Waals surface area contributed by atoms with Crippen molar-refractivity contribution in [1.29, 1.82) is 0 Å². The number of hydrogen-bond donors (Lipinski definition) is 1. The molecule has 1 rings (SSSR count). The topological polar surface area (TPSA) is 21.3 Å². The van der Waals surface area contributed by atoms with Gasteiger partial charge in [-0.15, -0.1) is 0 Å². The Morgan fingerprint density at radius 3 is 2.57 bits per heavy atom. The lowest BCUT2D eigenvalue weighted by atomic mass is 10.1. The summed E-state index contributed by atoms with van der Waals surface area (Å²) < 4.78 is 19.3. The molecule has 0 aliphatic heterocycles. The first-order valence-corrected chi connectivity index (χ1v) is 8.34. The molecule has 21 heavy (non-hydrogen) atoms. The minimum atomic E-state index is -0.234. The molecule has 0 fully saturated rings. The van der Waals surface area contributed by atoms with Gasteiger partial charge >= 0.3 is 0 Å². The number of hydrogen-bond acceptors (Lipinski definition) is 2. The van der Waals surface area contributed by atoms with E-state index in [1.165, 1.54) is 37.8 Å². The lowest BCUT2D eigenvalue weighted by molar-refractivity contribution is 0.297. The van der Waals surface area contributed by atoms with Gasteiger partial charge in [-0.3, -0.25) is 0 Å². The number of rotatable bonds is 11. The Bertz CT molecular complexity index is 395. The number of halogens is 1. The highest BCUT2D eigenvalue weighted by molar-refractivity contribution is 5.36. The van der Waals surface area contributed by atoms with E-state index in [1.54, 1.807) is 0 Å². The Balaban J connectivity index is 2.52. The zero-order chi connectivity index (χ0) is 15.5. The Labute approximate surface area is 129 Å². The van der Waals surface area contributed by atoms with Crippen LogP contribution in [0, 0.1) is 5.82 Å². The second-order valence-electron chi connectivity index (χ2n) is 5.62. The SMILES string of the molecule is CCCCCCCOc1cc(F)ccc1C(C)NCCC. The molecule has 1 unspecified atom stereocenters. The standard InChI is InChI=1S/C18H30FNO/c1-4-6-7-8-9-13-21-18-14-16(19)10-11-17(18)15(3)20-12-5-2/h10-11,14-15,20H,4-9,12-13H2,1-3H3. The second-order valence-corrected chi connectivity index (χ2v) is 5.62. The van der Waals surface area contributed by atoms with E-state index in [2.05, 4.69) is 26.1 Å². The normalized spacial score (nSPS) is 12.4. The second kappa shape index (κ2) is 10.6. The summed E-state index contributed by atoms with van der Waals surface area (Å²) in [5, 5.41) is 3.42. The molecule has 120 valence electrons. The van der Waals surface area contributed by atoms with Crippen LogP contribution in [-0.4, -0.2) is 13.2 Å². The highest BCUT2D eigenvalue weighted by atomic mass is 19.1. The highest BCUT2D eigenvalue weighted by Gasteiger charge is 2.12. The molecule has 0 aliphatic carbocycles. The van der Waals surface area contributed by atoms with Gasteiger partial charge < -0.3 is 10.1 Å².